The number of hydrogen-bond donors (Lipinski definition) is 2. The number of carbonyl (C=O) groups excluding carboxylic acids is 2. The van der Waals surface area contributed by atoms with Crippen LogP contribution < -0.4 is 10.6 Å². The average molecular weight is 376 g/mol. The third-order valence-electron chi connectivity index (χ3n) is 3.57. The number of amides is 2. The van der Waals surface area contributed by atoms with Gasteiger partial charge in [-0.15, -0.1) is 0 Å². The molecular formula is C13H19N3O3SSe. The Kier molecular flexibility index (Phi) is 6.68. The molecule has 0 radical (unpaired) electrons. The van der Waals surface area contributed by atoms with Crippen molar-refractivity contribution in [2.24, 2.45) is 0 Å². The Balaban J connectivity index is 1.53. The molecule has 2 aliphatic rings. The van der Waals surface area contributed by atoms with E-state index in [2.05, 4.69) is 15.6 Å². The zero-order valence-electron chi connectivity index (χ0n) is 11.7. The molecule has 116 valence electrons. The van der Waals surface area contributed by atoms with Crippen molar-refractivity contribution < 1.29 is 14.3 Å². The second kappa shape index (κ2) is 8.52. The van der Waals surface area contributed by atoms with E-state index in [1.165, 1.54) is 0 Å². The predicted octanol–water partition coefficient (Wildman–Crippen LogP) is 0.859. The molecule has 0 aliphatic carbocycles. The van der Waals surface area contributed by atoms with Crippen molar-refractivity contribution >= 4 is 38.7 Å². The summed E-state index contributed by atoms with van der Waals surface area (Å²) in [5.74, 6) is 0.799. The van der Waals surface area contributed by atoms with Crippen LogP contribution in [0.1, 0.15) is 25.7 Å². The fourth-order valence-electron chi connectivity index (χ4n) is 2.57. The first-order valence-electron chi connectivity index (χ1n) is 7.06. The minimum absolute atomic E-state index is 0.0576. The van der Waals surface area contributed by atoms with E-state index in [0.717, 1.165) is 25.0 Å². The molecule has 2 fully saturated rings. The standard InChI is InChI=1S/C13H19N3O3SSe/c14-8-21-6-5-19-11(17)4-2-1-3-10-12-9(7-20-10)15-13(18)16-12/h9-10,12H,1-7H2,(H2,15,16,18). The molecule has 2 amide bonds. The van der Waals surface area contributed by atoms with Crippen LogP contribution in [-0.2, 0) is 9.53 Å². The fourth-order valence-corrected chi connectivity index (χ4v) is 4.66. The molecule has 3 atom stereocenters. The van der Waals surface area contributed by atoms with Gasteiger partial charge in [0.15, 0.2) is 0 Å². The molecule has 2 rings (SSSR count). The first kappa shape index (κ1) is 16.5. The summed E-state index contributed by atoms with van der Waals surface area (Å²) in [6.07, 6.45) is 3.24. The molecule has 2 heterocycles. The van der Waals surface area contributed by atoms with Crippen LogP contribution >= 0.6 is 11.8 Å². The molecule has 21 heavy (non-hydrogen) atoms. The van der Waals surface area contributed by atoms with Crippen LogP contribution in [0.25, 0.3) is 0 Å². The average Bonchev–Trinajstić information content (AvgIpc) is 2.99. The molecule has 2 saturated heterocycles. The molecule has 0 saturated carbocycles. The SMILES string of the molecule is N#C[Se]CCOC(=O)CCCCC1SCC2NC(=O)NC21. The van der Waals surface area contributed by atoms with Gasteiger partial charge in [0.2, 0.25) is 0 Å². The normalized spacial score (nSPS) is 26.6. The molecule has 2 N–H and O–H groups in total. The Hall–Kier alpha value is -0.901. The van der Waals surface area contributed by atoms with Gasteiger partial charge in [0.25, 0.3) is 0 Å². The van der Waals surface area contributed by atoms with Crippen LogP contribution in [0.4, 0.5) is 4.79 Å². The number of urea groups is 1. The number of hydrogen-bond acceptors (Lipinski definition) is 5. The van der Waals surface area contributed by atoms with Gasteiger partial charge in [-0.3, -0.25) is 0 Å². The minimum atomic E-state index is -0.170. The first-order valence-corrected chi connectivity index (χ1v) is 10.2. The van der Waals surface area contributed by atoms with E-state index in [9.17, 15) is 9.59 Å². The summed E-state index contributed by atoms with van der Waals surface area (Å²) in [5, 5.41) is 15.4. The number of esters is 1. The number of nitrogens with zero attached hydrogens (tertiary/aromatic N) is 1. The molecule has 0 spiro atoms. The number of nitriles is 1. The van der Waals surface area contributed by atoms with Crippen LogP contribution in [0.5, 0.6) is 0 Å². The van der Waals surface area contributed by atoms with E-state index in [1.54, 1.807) is 0 Å². The van der Waals surface area contributed by atoms with E-state index >= 15 is 0 Å². The third-order valence-corrected chi connectivity index (χ3v) is 6.13. The summed E-state index contributed by atoms with van der Waals surface area (Å²) in [4.78, 5) is 24.8. The van der Waals surface area contributed by atoms with Gasteiger partial charge < -0.3 is 0 Å². The zero-order valence-corrected chi connectivity index (χ0v) is 14.2. The summed E-state index contributed by atoms with van der Waals surface area (Å²) in [5.41, 5.74) is 0. The van der Waals surface area contributed by atoms with Crippen molar-refractivity contribution in [2.45, 2.75) is 48.3 Å². The monoisotopic (exact) mass is 377 g/mol. The van der Waals surface area contributed by atoms with Crippen LogP contribution in [0, 0.1) is 10.2 Å². The van der Waals surface area contributed by atoms with Gasteiger partial charge in [0.05, 0.1) is 0 Å². The Morgan fingerprint density at radius 1 is 1.48 bits per heavy atom. The maximum atomic E-state index is 11.5. The summed E-state index contributed by atoms with van der Waals surface area (Å²) in [7, 11) is 0. The van der Waals surface area contributed by atoms with Crippen molar-refractivity contribution in [1.29, 1.82) is 5.26 Å². The number of thioether (sulfide) groups is 1. The summed E-state index contributed by atoms with van der Waals surface area (Å²) in [6.45, 7) is 0.367. The molecule has 3 unspecified atom stereocenters. The van der Waals surface area contributed by atoms with Crippen LogP contribution in [-0.4, -0.2) is 56.7 Å². The molecule has 0 aromatic carbocycles. The number of fused-ring (bicyclic) bond motifs is 1. The second-order valence-electron chi connectivity index (χ2n) is 5.03. The molecule has 6 nitrogen and oxygen atoms in total. The Bertz CT molecular complexity index is 429. The third kappa shape index (κ3) is 5.10. The predicted molar refractivity (Wildman–Crippen MR) is 81.1 cm³/mol. The first-order chi connectivity index (χ1) is 10.2. The zero-order chi connectivity index (χ0) is 15.1. The van der Waals surface area contributed by atoms with Crippen molar-refractivity contribution in [3.05, 3.63) is 0 Å². The number of nitrogens with one attached hydrogen (secondary N) is 2. The number of carbonyl (C=O) groups is 2. The van der Waals surface area contributed by atoms with E-state index in [0.29, 0.717) is 23.6 Å². The van der Waals surface area contributed by atoms with Gasteiger partial charge in [0, 0.05) is 0 Å². The molecule has 0 aromatic heterocycles. The topological polar surface area (TPSA) is 91.2 Å². The van der Waals surface area contributed by atoms with Crippen molar-refractivity contribution in [1.82, 2.24) is 10.6 Å². The maximum absolute atomic E-state index is 11.5. The summed E-state index contributed by atoms with van der Waals surface area (Å²) in [6, 6.07) is 0.444. The van der Waals surface area contributed by atoms with E-state index in [-0.39, 0.29) is 39.0 Å². The Morgan fingerprint density at radius 3 is 3.14 bits per heavy atom. The van der Waals surface area contributed by atoms with Crippen molar-refractivity contribution in [3.8, 4) is 4.97 Å². The van der Waals surface area contributed by atoms with Gasteiger partial charge in [-0.2, -0.15) is 0 Å². The summed E-state index contributed by atoms with van der Waals surface area (Å²) < 4.78 is 5.05. The van der Waals surface area contributed by atoms with E-state index < -0.39 is 0 Å². The van der Waals surface area contributed by atoms with Gasteiger partial charge >= 0.3 is 130 Å². The molecule has 8 heteroatoms. The quantitative estimate of drug-likeness (QED) is 0.284. The van der Waals surface area contributed by atoms with E-state index in [1.807, 2.05) is 11.8 Å². The van der Waals surface area contributed by atoms with Gasteiger partial charge in [-0.05, 0) is 0 Å². The van der Waals surface area contributed by atoms with Crippen LogP contribution in [0.3, 0.4) is 0 Å². The van der Waals surface area contributed by atoms with E-state index in [4.69, 9.17) is 10.00 Å². The molecule has 0 bridgehead atoms. The number of ether oxygens (including phenoxy) is 1. The molecular weight excluding hydrogens is 357 g/mol. The van der Waals surface area contributed by atoms with Gasteiger partial charge in [-0.1, -0.05) is 0 Å². The number of unbranched alkanes of at least 4 members (excludes halogenated alkanes) is 1. The Labute approximate surface area is 134 Å². The van der Waals surface area contributed by atoms with Gasteiger partial charge in [0.1, 0.15) is 0 Å². The van der Waals surface area contributed by atoms with Crippen molar-refractivity contribution in [3.63, 3.8) is 0 Å². The van der Waals surface area contributed by atoms with Gasteiger partial charge in [-0.25, -0.2) is 4.79 Å². The second-order valence-corrected chi connectivity index (χ2v) is 8.15. The van der Waals surface area contributed by atoms with Crippen LogP contribution in [0.15, 0.2) is 0 Å². The summed E-state index contributed by atoms with van der Waals surface area (Å²) >= 11 is 1.82. The molecule has 0 aromatic rings. The Morgan fingerprint density at radius 2 is 2.33 bits per heavy atom. The van der Waals surface area contributed by atoms with Crippen LogP contribution in [0.2, 0.25) is 5.32 Å². The number of rotatable bonds is 8. The fraction of sp³-hybridized carbons (Fsp3) is 0.769. The van der Waals surface area contributed by atoms with Crippen molar-refractivity contribution in [2.75, 3.05) is 12.4 Å². The molecule has 2 aliphatic heterocycles.